The van der Waals surface area contributed by atoms with Crippen LogP contribution in [0.4, 0.5) is 0 Å². The van der Waals surface area contributed by atoms with Crippen molar-refractivity contribution in [2.24, 2.45) is 0 Å². The van der Waals surface area contributed by atoms with Gasteiger partial charge in [-0.1, -0.05) is 6.07 Å². The first-order chi connectivity index (χ1) is 8.63. The number of thioether (sulfide) groups is 1. The molecule has 0 aromatic heterocycles. The van der Waals surface area contributed by atoms with Gasteiger partial charge < -0.3 is 15.2 Å². The molecule has 1 unspecified atom stereocenters. The molecule has 1 aromatic rings. The molecule has 100 valence electrons. The first-order valence-corrected chi connectivity index (χ1v) is 7.32. The van der Waals surface area contributed by atoms with Gasteiger partial charge in [0.2, 0.25) is 0 Å². The third-order valence-electron chi connectivity index (χ3n) is 3.37. The van der Waals surface area contributed by atoms with Crippen molar-refractivity contribution in [1.29, 1.82) is 0 Å². The number of hydrogen-bond acceptors (Lipinski definition) is 4. The van der Waals surface area contributed by atoms with Crippen molar-refractivity contribution < 1.29 is 9.84 Å². The first-order valence-electron chi connectivity index (χ1n) is 6.33. The van der Waals surface area contributed by atoms with E-state index in [1.165, 1.54) is 18.6 Å². The van der Waals surface area contributed by atoms with Gasteiger partial charge >= 0.3 is 0 Å². The van der Waals surface area contributed by atoms with Crippen LogP contribution < -0.4 is 10.1 Å². The second kappa shape index (κ2) is 5.85. The molecule has 1 aromatic carbocycles. The number of ether oxygens (including phenoxy) is 1. The minimum absolute atomic E-state index is 0.194. The number of nitrogens with one attached hydrogen (secondary N) is 1. The van der Waals surface area contributed by atoms with Crippen LogP contribution in [0.2, 0.25) is 0 Å². The molecule has 1 atom stereocenters. The maximum atomic E-state index is 9.53. The van der Waals surface area contributed by atoms with E-state index in [-0.39, 0.29) is 5.75 Å². The minimum atomic E-state index is 0.194. The molecule has 18 heavy (non-hydrogen) atoms. The van der Waals surface area contributed by atoms with Crippen molar-refractivity contribution >= 4 is 11.8 Å². The lowest BCUT2D eigenvalue weighted by molar-refractivity contribution is 0.372. The molecule has 1 saturated heterocycles. The van der Waals surface area contributed by atoms with E-state index in [9.17, 15) is 5.11 Å². The van der Waals surface area contributed by atoms with Gasteiger partial charge in [0.05, 0.1) is 7.11 Å². The Bertz CT molecular complexity index is 403. The molecule has 1 aliphatic rings. The Balaban J connectivity index is 1.86. The highest BCUT2D eigenvalue weighted by molar-refractivity contribution is 8.00. The van der Waals surface area contributed by atoms with Crippen LogP contribution in [-0.4, -0.2) is 29.3 Å². The molecule has 0 amide bonds. The summed E-state index contributed by atoms with van der Waals surface area (Å²) in [6.07, 6.45) is 2.62. The Hall–Kier alpha value is -0.870. The molecule has 0 saturated carbocycles. The van der Waals surface area contributed by atoms with Gasteiger partial charge in [-0.25, -0.2) is 0 Å². The van der Waals surface area contributed by atoms with Gasteiger partial charge in [0.15, 0.2) is 11.5 Å². The van der Waals surface area contributed by atoms with Crippen molar-refractivity contribution in [3.8, 4) is 11.5 Å². The van der Waals surface area contributed by atoms with Crippen molar-refractivity contribution in [3.05, 3.63) is 23.8 Å². The van der Waals surface area contributed by atoms with E-state index in [0.29, 0.717) is 10.5 Å². The second-order valence-electron chi connectivity index (χ2n) is 5.01. The minimum Gasteiger partial charge on any atom is -0.504 e. The number of phenolic OH excluding ortho intramolecular Hbond substituents is 1. The summed E-state index contributed by atoms with van der Waals surface area (Å²) in [7, 11) is 1.57. The summed E-state index contributed by atoms with van der Waals surface area (Å²) in [5.41, 5.74) is 1.14. The number of phenols is 1. The summed E-state index contributed by atoms with van der Waals surface area (Å²) < 4.78 is 5.49. The number of rotatable bonds is 5. The van der Waals surface area contributed by atoms with Crippen LogP contribution >= 0.6 is 11.8 Å². The van der Waals surface area contributed by atoms with Gasteiger partial charge in [-0.2, -0.15) is 11.8 Å². The Morgan fingerprint density at radius 2 is 2.33 bits per heavy atom. The highest BCUT2D eigenvalue weighted by atomic mass is 32.2. The lowest BCUT2D eigenvalue weighted by atomic mass is 10.1. The molecule has 0 aliphatic carbocycles. The Morgan fingerprint density at radius 3 is 3.00 bits per heavy atom. The van der Waals surface area contributed by atoms with Crippen molar-refractivity contribution in [3.63, 3.8) is 0 Å². The summed E-state index contributed by atoms with van der Waals surface area (Å²) in [4.78, 5) is 0. The monoisotopic (exact) mass is 267 g/mol. The quantitative estimate of drug-likeness (QED) is 0.861. The molecule has 1 aliphatic heterocycles. The largest absolute Gasteiger partial charge is 0.504 e. The van der Waals surface area contributed by atoms with Gasteiger partial charge in [-0.3, -0.25) is 0 Å². The predicted octanol–water partition coefficient (Wildman–Crippen LogP) is 2.78. The van der Waals surface area contributed by atoms with Gasteiger partial charge in [0.25, 0.3) is 0 Å². The molecular formula is C14H21NO2S. The Labute approximate surface area is 113 Å². The summed E-state index contributed by atoms with van der Waals surface area (Å²) in [6, 6.07) is 5.49. The van der Waals surface area contributed by atoms with Crippen LogP contribution in [0.5, 0.6) is 11.5 Å². The van der Waals surface area contributed by atoms with E-state index < -0.39 is 0 Å². The topological polar surface area (TPSA) is 41.5 Å². The van der Waals surface area contributed by atoms with E-state index in [1.54, 1.807) is 13.2 Å². The molecule has 2 rings (SSSR count). The van der Waals surface area contributed by atoms with Crippen LogP contribution in [0, 0.1) is 0 Å². The number of benzene rings is 1. The third-order valence-corrected chi connectivity index (χ3v) is 4.91. The van der Waals surface area contributed by atoms with Gasteiger partial charge in [0, 0.05) is 17.8 Å². The van der Waals surface area contributed by atoms with Crippen molar-refractivity contribution in [2.45, 2.75) is 31.1 Å². The molecule has 2 N–H and O–H groups in total. The highest BCUT2D eigenvalue weighted by Gasteiger charge is 2.28. The molecule has 0 radical (unpaired) electrons. The lowest BCUT2D eigenvalue weighted by Gasteiger charge is -2.23. The fraction of sp³-hybridized carbons (Fsp3) is 0.571. The van der Waals surface area contributed by atoms with Gasteiger partial charge in [0.1, 0.15) is 0 Å². The zero-order valence-corrected chi connectivity index (χ0v) is 11.8. The molecule has 0 spiro atoms. The summed E-state index contributed by atoms with van der Waals surface area (Å²) >= 11 is 2.06. The van der Waals surface area contributed by atoms with E-state index in [4.69, 9.17) is 4.74 Å². The maximum absolute atomic E-state index is 9.53. The van der Waals surface area contributed by atoms with E-state index in [0.717, 1.165) is 18.7 Å². The summed E-state index contributed by atoms with van der Waals surface area (Å²) in [6.45, 7) is 4.17. The third kappa shape index (κ3) is 3.33. The van der Waals surface area contributed by atoms with E-state index in [2.05, 4.69) is 24.0 Å². The number of hydrogen-bond donors (Lipinski definition) is 2. The average Bonchev–Trinajstić information content (AvgIpc) is 2.78. The number of aromatic hydroxyl groups is 1. The maximum Gasteiger partial charge on any atom is 0.160 e. The molecule has 0 bridgehead atoms. The second-order valence-corrected chi connectivity index (χ2v) is 6.69. The normalized spacial score (nSPS) is 23.2. The van der Waals surface area contributed by atoms with E-state index >= 15 is 0 Å². The fourth-order valence-electron chi connectivity index (χ4n) is 2.28. The van der Waals surface area contributed by atoms with Crippen molar-refractivity contribution in [1.82, 2.24) is 5.32 Å². The Morgan fingerprint density at radius 1 is 1.50 bits per heavy atom. The predicted molar refractivity (Wildman–Crippen MR) is 76.5 cm³/mol. The molecule has 4 heteroatoms. The molecule has 1 heterocycles. The van der Waals surface area contributed by atoms with Crippen LogP contribution in [0.25, 0.3) is 0 Å². The SMILES string of the molecule is COc1cc(CNCC2(C)CCCS2)ccc1O. The standard InChI is InChI=1S/C14H21NO2S/c1-14(6-3-7-18-14)10-15-9-11-4-5-12(16)13(8-11)17-2/h4-5,8,15-16H,3,6-7,9-10H2,1-2H3. The van der Waals surface area contributed by atoms with Crippen molar-refractivity contribution in [2.75, 3.05) is 19.4 Å². The smallest absolute Gasteiger partial charge is 0.160 e. The van der Waals surface area contributed by atoms with Gasteiger partial charge in [-0.15, -0.1) is 0 Å². The van der Waals surface area contributed by atoms with Crippen LogP contribution in [0.3, 0.4) is 0 Å². The summed E-state index contributed by atoms with van der Waals surface area (Å²) in [5, 5.41) is 13.0. The highest BCUT2D eigenvalue weighted by Crippen LogP contribution is 2.37. The molecule has 1 fully saturated rings. The Kier molecular flexibility index (Phi) is 4.40. The lowest BCUT2D eigenvalue weighted by Crippen LogP contribution is -2.32. The van der Waals surface area contributed by atoms with E-state index in [1.807, 2.05) is 12.1 Å². The zero-order valence-electron chi connectivity index (χ0n) is 11.0. The van der Waals surface area contributed by atoms with Crippen LogP contribution in [-0.2, 0) is 6.54 Å². The summed E-state index contributed by atoms with van der Waals surface area (Å²) in [5.74, 6) is 2.01. The number of methoxy groups -OCH3 is 1. The molecular weight excluding hydrogens is 246 g/mol. The zero-order chi connectivity index (χ0) is 13.0. The van der Waals surface area contributed by atoms with Crippen LogP contribution in [0.15, 0.2) is 18.2 Å². The van der Waals surface area contributed by atoms with Gasteiger partial charge in [-0.05, 0) is 43.2 Å². The van der Waals surface area contributed by atoms with Crippen LogP contribution in [0.1, 0.15) is 25.3 Å². The first kappa shape index (κ1) is 13.6. The average molecular weight is 267 g/mol. The molecule has 3 nitrogen and oxygen atoms in total. The fourth-order valence-corrected chi connectivity index (χ4v) is 3.55.